The van der Waals surface area contributed by atoms with E-state index in [9.17, 15) is 9.59 Å². The second kappa shape index (κ2) is 6.71. The maximum Gasteiger partial charge on any atom is 0.307 e. The van der Waals surface area contributed by atoms with Gasteiger partial charge in [-0.3, -0.25) is 9.59 Å². The van der Waals surface area contributed by atoms with Gasteiger partial charge in [0.25, 0.3) is 0 Å². The van der Waals surface area contributed by atoms with Gasteiger partial charge >= 0.3 is 5.97 Å². The summed E-state index contributed by atoms with van der Waals surface area (Å²) < 4.78 is 16.1. The van der Waals surface area contributed by atoms with Crippen molar-refractivity contribution in [3.63, 3.8) is 0 Å². The fraction of sp³-hybridized carbons (Fsp3) is 0.556. The molecule has 1 saturated heterocycles. The number of benzene rings is 1. The highest BCUT2D eigenvalue weighted by Crippen LogP contribution is 2.45. The van der Waals surface area contributed by atoms with Crippen molar-refractivity contribution in [3.05, 3.63) is 18.2 Å². The lowest BCUT2D eigenvalue weighted by Gasteiger charge is -2.36. The first kappa shape index (κ1) is 16.6. The lowest BCUT2D eigenvalue weighted by Crippen LogP contribution is -2.43. The van der Waals surface area contributed by atoms with Crippen LogP contribution in [0, 0.1) is 5.92 Å². The molecule has 0 bridgehead atoms. The van der Waals surface area contributed by atoms with Crippen LogP contribution < -0.4 is 14.8 Å². The molecule has 6 heteroatoms. The van der Waals surface area contributed by atoms with E-state index in [1.54, 1.807) is 25.3 Å². The Morgan fingerprint density at radius 3 is 2.62 bits per heavy atom. The molecular weight excluding hydrogens is 310 g/mol. The summed E-state index contributed by atoms with van der Waals surface area (Å²) in [7, 11) is 3.11. The number of amides is 1. The van der Waals surface area contributed by atoms with Gasteiger partial charge in [0.15, 0.2) is 0 Å². The Morgan fingerprint density at radius 1 is 1.21 bits per heavy atom. The van der Waals surface area contributed by atoms with Crippen LogP contribution in [0.5, 0.6) is 11.5 Å². The Morgan fingerprint density at radius 2 is 1.96 bits per heavy atom. The highest BCUT2D eigenvalue weighted by Gasteiger charge is 2.52. The van der Waals surface area contributed by atoms with Crippen LogP contribution in [0.25, 0.3) is 0 Å². The first-order valence-corrected chi connectivity index (χ1v) is 8.33. The number of esters is 1. The van der Waals surface area contributed by atoms with Gasteiger partial charge in [0.05, 0.1) is 32.2 Å². The highest BCUT2D eigenvalue weighted by atomic mass is 16.6. The summed E-state index contributed by atoms with van der Waals surface area (Å²) in [6.07, 6.45) is 4.77. The summed E-state index contributed by atoms with van der Waals surface area (Å²) in [6.45, 7) is 0. The topological polar surface area (TPSA) is 73.9 Å². The van der Waals surface area contributed by atoms with Gasteiger partial charge in [-0.05, 0) is 37.8 Å². The predicted molar refractivity (Wildman–Crippen MR) is 88.2 cm³/mol. The second-order valence-corrected chi connectivity index (χ2v) is 6.41. The smallest absolute Gasteiger partial charge is 0.307 e. The molecule has 6 nitrogen and oxygen atoms in total. The van der Waals surface area contributed by atoms with Gasteiger partial charge in [-0.15, -0.1) is 0 Å². The van der Waals surface area contributed by atoms with E-state index in [0.717, 1.165) is 32.1 Å². The van der Waals surface area contributed by atoms with E-state index in [-0.39, 0.29) is 18.3 Å². The molecule has 2 aliphatic rings. The van der Waals surface area contributed by atoms with Crippen molar-refractivity contribution < 1.29 is 23.8 Å². The van der Waals surface area contributed by atoms with Crippen LogP contribution in [0.15, 0.2) is 18.2 Å². The van der Waals surface area contributed by atoms with Crippen molar-refractivity contribution in [3.8, 4) is 11.5 Å². The van der Waals surface area contributed by atoms with Crippen LogP contribution in [0.3, 0.4) is 0 Å². The quantitative estimate of drug-likeness (QED) is 0.858. The van der Waals surface area contributed by atoms with Gasteiger partial charge in [-0.2, -0.15) is 0 Å². The molecule has 1 aromatic rings. The molecule has 0 unspecified atom stereocenters. The predicted octanol–water partition coefficient (Wildman–Crippen LogP) is 2.91. The van der Waals surface area contributed by atoms with Crippen molar-refractivity contribution in [1.82, 2.24) is 0 Å². The van der Waals surface area contributed by atoms with Gasteiger partial charge in [-0.1, -0.05) is 6.42 Å². The van der Waals surface area contributed by atoms with E-state index in [0.29, 0.717) is 17.2 Å². The van der Waals surface area contributed by atoms with E-state index >= 15 is 0 Å². The molecule has 24 heavy (non-hydrogen) atoms. The van der Waals surface area contributed by atoms with Crippen LogP contribution in [0.1, 0.15) is 38.5 Å². The third-order valence-electron chi connectivity index (χ3n) is 5.01. The number of carbonyl (C=O) groups is 2. The van der Waals surface area contributed by atoms with Crippen molar-refractivity contribution in [2.75, 3.05) is 19.5 Å². The van der Waals surface area contributed by atoms with Crippen molar-refractivity contribution in [2.45, 2.75) is 44.1 Å². The Kier molecular flexibility index (Phi) is 4.64. The number of rotatable bonds is 4. The van der Waals surface area contributed by atoms with Crippen molar-refractivity contribution in [1.29, 1.82) is 0 Å². The van der Waals surface area contributed by atoms with Gasteiger partial charge in [-0.25, -0.2) is 0 Å². The number of ether oxygens (including phenoxy) is 3. The first-order chi connectivity index (χ1) is 11.6. The average Bonchev–Trinajstić information content (AvgIpc) is 2.91. The summed E-state index contributed by atoms with van der Waals surface area (Å²) in [5, 5.41) is 2.90. The highest BCUT2D eigenvalue weighted by molar-refractivity contribution is 5.98. The molecular formula is C18H23NO5. The van der Waals surface area contributed by atoms with Crippen molar-refractivity contribution in [2.24, 2.45) is 5.92 Å². The number of nitrogens with one attached hydrogen (secondary N) is 1. The zero-order valence-corrected chi connectivity index (χ0v) is 14.1. The summed E-state index contributed by atoms with van der Waals surface area (Å²) in [5.41, 5.74) is -0.0623. The Balaban J connectivity index is 1.80. The number of hydrogen-bond acceptors (Lipinski definition) is 5. The Bertz CT molecular complexity index is 636. The minimum absolute atomic E-state index is 0.143. The standard InChI is InChI=1S/C18H23NO5/c1-22-12-6-7-14(15(10-12)23-2)19-17(21)13-11-16(20)24-18(13)8-4-3-5-9-18/h6-7,10,13H,3-5,8-9,11H2,1-2H3,(H,19,21)/t13-/m0/s1. The van der Waals surface area contributed by atoms with Gasteiger partial charge in [0, 0.05) is 6.07 Å². The molecule has 1 heterocycles. The van der Waals surface area contributed by atoms with E-state index in [4.69, 9.17) is 14.2 Å². The number of carbonyl (C=O) groups excluding carboxylic acids is 2. The molecule has 2 fully saturated rings. The summed E-state index contributed by atoms with van der Waals surface area (Å²) in [5.74, 6) is 0.251. The lowest BCUT2D eigenvalue weighted by molar-refractivity contribution is -0.153. The van der Waals surface area contributed by atoms with E-state index in [1.807, 2.05) is 0 Å². The van der Waals surface area contributed by atoms with Crippen LogP contribution in [-0.2, 0) is 14.3 Å². The Hall–Kier alpha value is -2.24. The number of hydrogen-bond donors (Lipinski definition) is 1. The lowest BCUT2D eigenvalue weighted by atomic mass is 9.75. The van der Waals surface area contributed by atoms with E-state index in [1.165, 1.54) is 7.11 Å². The largest absolute Gasteiger partial charge is 0.497 e. The Labute approximate surface area is 141 Å². The molecule has 1 amide bonds. The van der Waals surface area contributed by atoms with Crippen LogP contribution in [-0.4, -0.2) is 31.7 Å². The third-order valence-corrected chi connectivity index (χ3v) is 5.01. The summed E-state index contributed by atoms with van der Waals surface area (Å²) in [4.78, 5) is 24.7. The fourth-order valence-corrected chi connectivity index (χ4v) is 3.75. The van der Waals surface area contributed by atoms with Gasteiger partial charge in [0.2, 0.25) is 5.91 Å². The van der Waals surface area contributed by atoms with Crippen molar-refractivity contribution >= 4 is 17.6 Å². The van der Waals surface area contributed by atoms with Crippen LogP contribution in [0.2, 0.25) is 0 Å². The zero-order valence-electron chi connectivity index (χ0n) is 14.1. The van der Waals surface area contributed by atoms with Gasteiger partial charge < -0.3 is 19.5 Å². The van der Waals surface area contributed by atoms with Crippen LogP contribution >= 0.6 is 0 Å². The summed E-state index contributed by atoms with van der Waals surface area (Å²) in [6, 6.07) is 5.20. The monoisotopic (exact) mass is 333 g/mol. The molecule has 1 aromatic carbocycles. The van der Waals surface area contributed by atoms with Gasteiger partial charge in [0.1, 0.15) is 17.1 Å². The molecule has 1 spiro atoms. The minimum atomic E-state index is -0.626. The third kappa shape index (κ3) is 3.05. The van der Waals surface area contributed by atoms with E-state index in [2.05, 4.69) is 5.32 Å². The van der Waals surface area contributed by atoms with Crippen LogP contribution in [0.4, 0.5) is 5.69 Å². The number of methoxy groups -OCH3 is 2. The molecule has 1 aliphatic carbocycles. The normalized spacial score (nSPS) is 22.1. The summed E-state index contributed by atoms with van der Waals surface area (Å²) >= 11 is 0. The second-order valence-electron chi connectivity index (χ2n) is 6.41. The SMILES string of the molecule is COc1ccc(NC(=O)[C@@H]2CC(=O)OC23CCCCC3)c(OC)c1. The molecule has 0 radical (unpaired) electrons. The molecule has 1 N–H and O–H groups in total. The molecule has 1 atom stereocenters. The molecule has 1 saturated carbocycles. The zero-order chi connectivity index (χ0) is 17.2. The first-order valence-electron chi connectivity index (χ1n) is 8.33. The minimum Gasteiger partial charge on any atom is -0.497 e. The number of anilines is 1. The molecule has 3 rings (SSSR count). The van der Waals surface area contributed by atoms with E-state index < -0.39 is 11.5 Å². The molecule has 130 valence electrons. The molecule has 1 aliphatic heterocycles. The fourth-order valence-electron chi connectivity index (χ4n) is 3.75. The maximum atomic E-state index is 12.8. The maximum absolute atomic E-state index is 12.8. The average molecular weight is 333 g/mol. The molecule has 0 aromatic heterocycles.